The standard InChI is InChI=1S/C7H3BrClF5S/c8-5(4-3(9)1-2-15-4)6(10,11)7(12,13)14/h1-2,5H. The lowest BCUT2D eigenvalue weighted by atomic mass is 10.2. The zero-order chi connectivity index (χ0) is 11.9. The molecule has 8 heteroatoms. The fourth-order valence-electron chi connectivity index (χ4n) is 0.795. The molecule has 0 saturated heterocycles. The van der Waals surface area contributed by atoms with Crippen LogP contribution in [0.5, 0.6) is 0 Å². The van der Waals surface area contributed by atoms with Crippen molar-refractivity contribution >= 4 is 38.9 Å². The molecule has 15 heavy (non-hydrogen) atoms. The predicted molar refractivity (Wildman–Crippen MR) is 52.0 cm³/mol. The molecule has 0 saturated carbocycles. The molecular weight excluding hydrogens is 326 g/mol. The third kappa shape index (κ3) is 2.45. The second-order valence-corrected chi connectivity index (χ2v) is 4.89. The van der Waals surface area contributed by atoms with Crippen molar-refractivity contribution < 1.29 is 22.0 Å². The largest absolute Gasteiger partial charge is 0.454 e. The van der Waals surface area contributed by atoms with Crippen LogP contribution in [0.4, 0.5) is 22.0 Å². The zero-order valence-electron chi connectivity index (χ0n) is 6.79. The van der Waals surface area contributed by atoms with Gasteiger partial charge in [-0.05, 0) is 11.4 Å². The van der Waals surface area contributed by atoms with Gasteiger partial charge in [0.25, 0.3) is 0 Å². The highest BCUT2D eigenvalue weighted by Crippen LogP contribution is 2.51. The van der Waals surface area contributed by atoms with E-state index in [-0.39, 0.29) is 9.90 Å². The van der Waals surface area contributed by atoms with Crippen molar-refractivity contribution in [1.29, 1.82) is 0 Å². The average Bonchev–Trinajstić information content (AvgIpc) is 2.48. The van der Waals surface area contributed by atoms with Crippen LogP contribution in [-0.4, -0.2) is 12.1 Å². The molecule has 0 nitrogen and oxygen atoms in total. The Bertz CT molecular complexity index is 347. The molecule has 0 N–H and O–H groups in total. The predicted octanol–water partition coefficient (Wildman–Crippen LogP) is 5.04. The van der Waals surface area contributed by atoms with Gasteiger partial charge in [-0.1, -0.05) is 27.5 Å². The third-order valence-corrected chi connectivity index (χ3v) is 4.33. The van der Waals surface area contributed by atoms with E-state index in [2.05, 4.69) is 15.9 Å². The summed E-state index contributed by atoms with van der Waals surface area (Å²) < 4.78 is 61.7. The van der Waals surface area contributed by atoms with Crippen LogP contribution in [0.2, 0.25) is 5.02 Å². The van der Waals surface area contributed by atoms with Crippen LogP contribution < -0.4 is 0 Å². The Kier molecular flexibility index (Phi) is 3.67. The lowest BCUT2D eigenvalue weighted by Gasteiger charge is -2.24. The maximum Gasteiger partial charge on any atom is 0.454 e. The second-order valence-electron chi connectivity index (χ2n) is 2.62. The first-order chi connectivity index (χ1) is 6.68. The van der Waals surface area contributed by atoms with Gasteiger partial charge in [-0.3, -0.25) is 0 Å². The highest BCUT2D eigenvalue weighted by molar-refractivity contribution is 9.09. The second kappa shape index (κ2) is 4.18. The van der Waals surface area contributed by atoms with E-state index in [0.717, 1.165) is 11.3 Å². The Labute approximate surface area is 99.2 Å². The molecule has 0 aliphatic rings. The third-order valence-electron chi connectivity index (χ3n) is 1.57. The lowest BCUT2D eigenvalue weighted by molar-refractivity contribution is -0.281. The smallest absolute Gasteiger partial charge is 0.195 e. The molecule has 0 aliphatic carbocycles. The molecule has 0 aliphatic heterocycles. The van der Waals surface area contributed by atoms with E-state index in [1.54, 1.807) is 0 Å². The van der Waals surface area contributed by atoms with Crippen LogP contribution in [-0.2, 0) is 0 Å². The monoisotopic (exact) mass is 328 g/mol. The summed E-state index contributed by atoms with van der Waals surface area (Å²) in [4.78, 5) is -2.39. The number of halogens is 7. The van der Waals surface area contributed by atoms with Crippen molar-refractivity contribution in [3.05, 3.63) is 21.3 Å². The molecule has 1 heterocycles. The lowest BCUT2D eigenvalue weighted by Crippen LogP contribution is -2.39. The Morgan fingerprint density at radius 1 is 1.27 bits per heavy atom. The normalized spacial score (nSPS) is 15.4. The van der Waals surface area contributed by atoms with Gasteiger partial charge in [0, 0.05) is 4.88 Å². The molecule has 0 aromatic carbocycles. The Balaban J connectivity index is 3.05. The quantitative estimate of drug-likeness (QED) is 0.527. The molecule has 0 bridgehead atoms. The maximum atomic E-state index is 12.8. The van der Waals surface area contributed by atoms with Gasteiger partial charge in [0.05, 0.1) is 5.02 Å². The fourth-order valence-corrected chi connectivity index (χ4v) is 2.94. The average molecular weight is 330 g/mol. The number of alkyl halides is 6. The highest BCUT2D eigenvalue weighted by atomic mass is 79.9. The number of hydrogen-bond acceptors (Lipinski definition) is 1. The topological polar surface area (TPSA) is 0 Å². The molecule has 1 rings (SSSR count). The van der Waals surface area contributed by atoms with Crippen LogP contribution in [0.15, 0.2) is 11.4 Å². The molecule has 0 spiro atoms. The summed E-state index contributed by atoms with van der Waals surface area (Å²) in [5.41, 5.74) is 0. The van der Waals surface area contributed by atoms with Gasteiger partial charge in [-0.2, -0.15) is 22.0 Å². The van der Waals surface area contributed by atoms with Gasteiger partial charge in [0.15, 0.2) is 0 Å². The Hall–Kier alpha value is 0.120. The molecule has 1 aromatic heterocycles. The highest BCUT2D eigenvalue weighted by Gasteiger charge is 2.62. The molecule has 0 fully saturated rings. The van der Waals surface area contributed by atoms with Crippen molar-refractivity contribution in [1.82, 2.24) is 0 Å². The SMILES string of the molecule is FC(F)(F)C(F)(F)C(Br)c1sccc1Cl. The molecule has 1 unspecified atom stereocenters. The van der Waals surface area contributed by atoms with Crippen LogP contribution >= 0.6 is 38.9 Å². The van der Waals surface area contributed by atoms with Crippen LogP contribution in [0.25, 0.3) is 0 Å². The van der Waals surface area contributed by atoms with E-state index in [4.69, 9.17) is 11.6 Å². The van der Waals surface area contributed by atoms with Gasteiger partial charge >= 0.3 is 12.1 Å². The summed E-state index contributed by atoms with van der Waals surface area (Å²) in [6, 6.07) is 1.27. The summed E-state index contributed by atoms with van der Waals surface area (Å²) in [7, 11) is 0. The van der Waals surface area contributed by atoms with E-state index in [1.165, 1.54) is 11.4 Å². The first-order valence-corrected chi connectivity index (χ1v) is 5.66. The van der Waals surface area contributed by atoms with E-state index in [9.17, 15) is 22.0 Å². The van der Waals surface area contributed by atoms with Gasteiger partial charge in [0.1, 0.15) is 4.83 Å². The van der Waals surface area contributed by atoms with E-state index in [0.29, 0.717) is 0 Å². The van der Waals surface area contributed by atoms with Crippen molar-refractivity contribution in [2.75, 3.05) is 0 Å². The summed E-state index contributed by atoms with van der Waals surface area (Å²) in [6.07, 6.45) is -5.60. The molecular formula is C7H3BrClF5S. The van der Waals surface area contributed by atoms with E-state index >= 15 is 0 Å². The van der Waals surface area contributed by atoms with Crippen molar-refractivity contribution in [2.45, 2.75) is 16.9 Å². The van der Waals surface area contributed by atoms with Crippen LogP contribution in [0, 0.1) is 0 Å². The van der Waals surface area contributed by atoms with Crippen LogP contribution in [0.3, 0.4) is 0 Å². The Morgan fingerprint density at radius 3 is 2.13 bits per heavy atom. The minimum Gasteiger partial charge on any atom is -0.195 e. The molecule has 0 amide bonds. The zero-order valence-corrected chi connectivity index (χ0v) is 9.94. The first-order valence-electron chi connectivity index (χ1n) is 3.49. The van der Waals surface area contributed by atoms with Gasteiger partial charge in [0.2, 0.25) is 0 Å². The minimum absolute atomic E-state index is 0.106. The van der Waals surface area contributed by atoms with Gasteiger partial charge < -0.3 is 0 Å². The van der Waals surface area contributed by atoms with Gasteiger partial charge in [-0.25, -0.2) is 0 Å². The molecule has 1 aromatic rings. The number of rotatable bonds is 2. The first kappa shape index (κ1) is 13.2. The van der Waals surface area contributed by atoms with E-state index < -0.39 is 16.9 Å². The van der Waals surface area contributed by atoms with Crippen LogP contribution in [0.1, 0.15) is 9.70 Å². The van der Waals surface area contributed by atoms with Crippen molar-refractivity contribution in [3.8, 4) is 0 Å². The summed E-state index contributed by atoms with van der Waals surface area (Å²) in [5, 5.41) is 1.24. The summed E-state index contributed by atoms with van der Waals surface area (Å²) in [6.45, 7) is 0. The fraction of sp³-hybridized carbons (Fsp3) is 0.429. The molecule has 86 valence electrons. The molecule has 1 atom stereocenters. The van der Waals surface area contributed by atoms with E-state index in [1.807, 2.05) is 0 Å². The number of hydrogen-bond donors (Lipinski definition) is 0. The van der Waals surface area contributed by atoms with Gasteiger partial charge in [-0.15, -0.1) is 11.3 Å². The minimum atomic E-state index is -5.60. The van der Waals surface area contributed by atoms with Crippen molar-refractivity contribution in [3.63, 3.8) is 0 Å². The summed E-state index contributed by atoms with van der Waals surface area (Å²) >= 11 is 8.54. The number of thiophene rings is 1. The van der Waals surface area contributed by atoms with Crippen molar-refractivity contribution in [2.24, 2.45) is 0 Å². The summed E-state index contributed by atoms with van der Waals surface area (Å²) in [5.74, 6) is -4.85. The molecule has 0 radical (unpaired) electrons. The maximum absolute atomic E-state index is 12.8. The Morgan fingerprint density at radius 2 is 1.80 bits per heavy atom.